The zero-order valence-electron chi connectivity index (χ0n) is 17.5. The molecule has 0 spiro atoms. The van der Waals surface area contributed by atoms with E-state index in [2.05, 4.69) is 24.1 Å². The lowest BCUT2D eigenvalue weighted by atomic mass is 10.1. The topological polar surface area (TPSA) is 58.4 Å². The third-order valence-corrected chi connectivity index (χ3v) is 7.54. The molecule has 3 aromatic rings. The Morgan fingerprint density at radius 1 is 1.10 bits per heavy atom. The van der Waals surface area contributed by atoms with Crippen LogP contribution in [0.15, 0.2) is 29.1 Å². The van der Waals surface area contributed by atoms with Crippen LogP contribution in [0.25, 0.3) is 10.2 Å². The fraction of sp³-hybridized carbons (Fsp3) is 0.435. The summed E-state index contributed by atoms with van der Waals surface area (Å²) < 4.78 is 1.83. The van der Waals surface area contributed by atoms with Gasteiger partial charge in [0, 0.05) is 45.3 Å². The number of aromatic nitrogens is 2. The highest BCUT2D eigenvalue weighted by atomic mass is 32.1. The monoisotopic (exact) mass is 422 g/mol. The Bertz CT molecular complexity index is 1200. The summed E-state index contributed by atoms with van der Waals surface area (Å²) in [6, 6.07) is 8.24. The highest BCUT2D eigenvalue weighted by molar-refractivity contribution is 7.20. The molecule has 7 heteroatoms. The Labute approximate surface area is 179 Å². The van der Waals surface area contributed by atoms with Gasteiger partial charge >= 0.3 is 0 Å². The molecular weight excluding hydrogens is 396 g/mol. The zero-order valence-corrected chi connectivity index (χ0v) is 18.3. The molecule has 5 rings (SSSR count). The summed E-state index contributed by atoms with van der Waals surface area (Å²) in [5.41, 5.74) is 3.12. The minimum Gasteiger partial charge on any atom is -0.373 e. The second-order valence-corrected chi connectivity index (χ2v) is 9.31. The first-order chi connectivity index (χ1) is 14.5. The van der Waals surface area contributed by atoms with Crippen LogP contribution in [0, 0.1) is 6.92 Å². The summed E-state index contributed by atoms with van der Waals surface area (Å²) >= 11 is 1.38. The molecule has 0 unspecified atom stereocenters. The molecule has 0 aliphatic carbocycles. The van der Waals surface area contributed by atoms with E-state index in [9.17, 15) is 9.59 Å². The fourth-order valence-corrected chi connectivity index (χ4v) is 5.78. The van der Waals surface area contributed by atoms with E-state index >= 15 is 0 Å². The lowest BCUT2D eigenvalue weighted by Gasteiger charge is -2.20. The third kappa shape index (κ3) is 3.12. The minimum atomic E-state index is 0.000183. The van der Waals surface area contributed by atoms with Gasteiger partial charge in [0.05, 0.1) is 10.3 Å². The van der Waals surface area contributed by atoms with Gasteiger partial charge in [0.15, 0.2) is 0 Å². The van der Waals surface area contributed by atoms with E-state index in [1.54, 1.807) is 0 Å². The van der Waals surface area contributed by atoms with Crippen LogP contribution in [-0.2, 0) is 19.5 Å². The van der Waals surface area contributed by atoms with Gasteiger partial charge in [0.2, 0.25) is 0 Å². The van der Waals surface area contributed by atoms with Crippen molar-refractivity contribution in [2.75, 3.05) is 25.0 Å². The maximum atomic E-state index is 13.5. The predicted octanol–water partition coefficient (Wildman–Crippen LogP) is 3.59. The quantitative estimate of drug-likeness (QED) is 0.601. The summed E-state index contributed by atoms with van der Waals surface area (Å²) in [5.74, 6) is 0.871. The molecule has 0 N–H and O–H groups in total. The maximum absolute atomic E-state index is 13.5. The van der Waals surface area contributed by atoms with Crippen molar-refractivity contribution < 1.29 is 4.79 Å². The predicted molar refractivity (Wildman–Crippen MR) is 121 cm³/mol. The highest BCUT2D eigenvalue weighted by Crippen LogP contribution is 2.31. The van der Waals surface area contributed by atoms with E-state index < -0.39 is 0 Å². The highest BCUT2D eigenvalue weighted by Gasteiger charge is 2.27. The Kier molecular flexibility index (Phi) is 4.85. The average molecular weight is 423 g/mol. The number of benzene rings is 1. The first-order valence-corrected chi connectivity index (χ1v) is 11.5. The number of anilines is 1. The van der Waals surface area contributed by atoms with Gasteiger partial charge < -0.3 is 9.80 Å². The van der Waals surface area contributed by atoms with Gasteiger partial charge in [-0.05, 0) is 37.0 Å². The van der Waals surface area contributed by atoms with Crippen LogP contribution in [0.2, 0.25) is 0 Å². The summed E-state index contributed by atoms with van der Waals surface area (Å²) in [6.07, 6.45) is 4.04. The number of aryl methyl sites for hydroxylation is 2. The van der Waals surface area contributed by atoms with Crippen molar-refractivity contribution in [3.63, 3.8) is 0 Å². The fourth-order valence-electron chi connectivity index (χ4n) is 4.62. The smallest absolute Gasteiger partial charge is 0.264 e. The molecule has 6 nitrogen and oxygen atoms in total. The van der Waals surface area contributed by atoms with Crippen molar-refractivity contribution in [2.45, 2.75) is 45.7 Å². The lowest BCUT2D eigenvalue weighted by Crippen LogP contribution is -2.34. The molecular formula is C23H26N4O2S. The van der Waals surface area contributed by atoms with Crippen molar-refractivity contribution in [1.29, 1.82) is 0 Å². The van der Waals surface area contributed by atoms with Crippen molar-refractivity contribution in [3.05, 3.63) is 56.4 Å². The van der Waals surface area contributed by atoms with Gasteiger partial charge in [-0.3, -0.25) is 14.2 Å². The number of nitrogens with zero attached hydrogens (tertiary/aromatic N) is 4. The van der Waals surface area contributed by atoms with E-state index in [1.807, 2.05) is 28.5 Å². The Morgan fingerprint density at radius 2 is 1.93 bits per heavy atom. The summed E-state index contributed by atoms with van der Waals surface area (Å²) in [7, 11) is 2.06. The number of carbonyl (C=O) groups is 1. The van der Waals surface area contributed by atoms with E-state index in [0.717, 1.165) is 55.7 Å². The average Bonchev–Trinajstić information content (AvgIpc) is 2.90. The molecule has 0 radical (unpaired) electrons. The van der Waals surface area contributed by atoms with Gasteiger partial charge in [0.1, 0.15) is 10.7 Å². The van der Waals surface area contributed by atoms with Crippen molar-refractivity contribution >= 4 is 33.1 Å². The minimum absolute atomic E-state index is 0.000183. The number of thiophene rings is 1. The zero-order chi connectivity index (χ0) is 20.8. The van der Waals surface area contributed by atoms with Gasteiger partial charge in [-0.15, -0.1) is 11.3 Å². The summed E-state index contributed by atoms with van der Waals surface area (Å²) in [4.78, 5) is 37.0. The van der Waals surface area contributed by atoms with Gasteiger partial charge in [-0.2, -0.15) is 0 Å². The first-order valence-electron chi connectivity index (χ1n) is 10.7. The van der Waals surface area contributed by atoms with Crippen LogP contribution in [0.3, 0.4) is 0 Å². The summed E-state index contributed by atoms with van der Waals surface area (Å²) in [5, 5.41) is 0.626. The third-order valence-electron chi connectivity index (χ3n) is 6.36. The van der Waals surface area contributed by atoms with E-state index in [4.69, 9.17) is 4.98 Å². The number of para-hydroxylation sites is 1. The number of fused-ring (bicyclic) bond motifs is 3. The number of carbonyl (C=O) groups excluding carboxylic acids is 1. The van der Waals surface area contributed by atoms with Crippen LogP contribution in [0.1, 0.15) is 45.9 Å². The molecule has 0 bridgehead atoms. The molecule has 1 aromatic carbocycles. The van der Waals surface area contributed by atoms with Crippen molar-refractivity contribution in [3.8, 4) is 0 Å². The van der Waals surface area contributed by atoms with E-state index in [0.29, 0.717) is 28.2 Å². The maximum Gasteiger partial charge on any atom is 0.264 e. The molecule has 1 amide bonds. The molecule has 4 heterocycles. The first kappa shape index (κ1) is 19.3. The number of amides is 1. The second-order valence-electron chi connectivity index (χ2n) is 8.31. The standard InChI is InChI=1S/C23H26N4O2S/c1-15-19-21(24-18-10-4-3-7-11-27(18)22(19)28)30-20(15)23(29)26-13-12-25(2)17-9-6-5-8-16(17)14-26/h5-6,8-9H,3-4,7,10-14H2,1-2H3. The number of rotatable bonds is 1. The second kappa shape index (κ2) is 7.54. The lowest BCUT2D eigenvalue weighted by molar-refractivity contribution is 0.0756. The molecule has 156 valence electrons. The molecule has 0 saturated carbocycles. The SMILES string of the molecule is Cc1c(C(=O)N2CCN(C)c3ccccc3C2)sc2nc3n(c(=O)c12)CCCCC3. The van der Waals surface area contributed by atoms with Gasteiger partial charge in [-0.1, -0.05) is 24.6 Å². The van der Waals surface area contributed by atoms with Crippen molar-refractivity contribution in [1.82, 2.24) is 14.5 Å². The van der Waals surface area contributed by atoms with Gasteiger partial charge in [-0.25, -0.2) is 4.98 Å². The van der Waals surface area contributed by atoms with Crippen LogP contribution >= 0.6 is 11.3 Å². The number of hydrogen-bond donors (Lipinski definition) is 0. The number of hydrogen-bond acceptors (Lipinski definition) is 5. The Hall–Kier alpha value is -2.67. The van der Waals surface area contributed by atoms with E-state index in [1.165, 1.54) is 17.0 Å². The molecule has 30 heavy (non-hydrogen) atoms. The normalized spacial score (nSPS) is 16.7. The van der Waals surface area contributed by atoms with Crippen LogP contribution in [0.4, 0.5) is 5.69 Å². The molecule has 0 atom stereocenters. The molecule has 2 aliphatic heterocycles. The molecule has 0 fully saturated rings. The Morgan fingerprint density at radius 3 is 2.80 bits per heavy atom. The molecule has 2 aromatic heterocycles. The van der Waals surface area contributed by atoms with Crippen LogP contribution in [0.5, 0.6) is 0 Å². The van der Waals surface area contributed by atoms with Crippen LogP contribution < -0.4 is 10.5 Å². The van der Waals surface area contributed by atoms with Gasteiger partial charge in [0.25, 0.3) is 11.5 Å². The largest absolute Gasteiger partial charge is 0.373 e. The molecule has 0 saturated heterocycles. The van der Waals surface area contributed by atoms with Crippen molar-refractivity contribution in [2.24, 2.45) is 0 Å². The summed E-state index contributed by atoms with van der Waals surface area (Å²) in [6.45, 7) is 4.64. The van der Waals surface area contributed by atoms with Crippen LogP contribution in [-0.4, -0.2) is 40.5 Å². The molecule has 2 aliphatic rings. The Balaban J connectivity index is 1.55. The number of likely N-dealkylation sites (N-methyl/N-ethyl adjacent to an activating group) is 1. The van der Waals surface area contributed by atoms with E-state index in [-0.39, 0.29) is 11.5 Å².